The van der Waals surface area contributed by atoms with E-state index in [9.17, 15) is 4.39 Å². The summed E-state index contributed by atoms with van der Waals surface area (Å²) in [6, 6.07) is 4.96. The summed E-state index contributed by atoms with van der Waals surface area (Å²) in [6.45, 7) is 4.51. The third-order valence-corrected chi connectivity index (χ3v) is 3.82. The molecule has 0 saturated carbocycles. The maximum atomic E-state index is 13.3. The molecule has 19 heavy (non-hydrogen) atoms. The van der Waals surface area contributed by atoms with Crippen LogP contribution < -0.4 is 5.32 Å². The number of aryl methyl sites for hydroxylation is 2. The van der Waals surface area contributed by atoms with E-state index in [4.69, 9.17) is 0 Å². The number of rotatable bonds is 3. The van der Waals surface area contributed by atoms with Crippen molar-refractivity contribution in [3.63, 3.8) is 0 Å². The summed E-state index contributed by atoms with van der Waals surface area (Å²) in [5.41, 5.74) is 3.82. The smallest absolute Gasteiger partial charge is 0.194 e. The first-order valence-electron chi connectivity index (χ1n) is 6.05. The molecule has 0 spiro atoms. The van der Waals surface area contributed by atoms with Crippen LogP contribution in [0.15, 0.2) is 29.8 Å². The Morgan fingerprint density at radius 2 is 2.16 bits per heavy atom. The van der Waals surface area contributed by atoms with Gasteiger partial charge in [-0.3, -0.25) is 4.40 Å². The van der Waals surface area contributed by atoms with Gasteiger partial charge in [0.15, 0.2) is 4.96 Å². The minimum atomic E-state index is -0.215. The normalized spacial score (nSPS) is 11.1. The third-order valence-electron chi connectivity index (χ3n) is 3.06. The number of hydrogen-bond acceptors (Lipinski definition) is 3. The Kier molecular flexibility index (Phi) is 2.98. The maximum absolute atomic E-state index is 13.3. The first kappa shape index (κ1) is 12.2. The zero-order chi connectivity index (χ0) is 13.4. The number of anilines is 1. The Labute approximate surface area is 114 Å². The topological polar surface area (TPSA) is 29.3 Å². The number of imidazole rings is 1. The van der Waals surface area contributed by atoms with Gasteiger partial charge in [0.05, 0.1) is 17.9 Å². The molecule has 0 fully saturated rings. The molecule has 0 radical (unpaired) electrons. The van der Waals surface area contributed by atoms with Gasteiger partial charge in [-0.1, -0.05) is 0 Å². The molecule has 2 heterocycles. The van der Waals surface area contributed by atoms with Gasteiger partial charge in [0.25, 0.3) is 0 Å². The zero-order valence-corrected chi connectivity index (χ0v) is 11.6. The molecule has 3 nitrogen and oxygen atoms in total. The maximum Gasteiger partial charge on any atom is 0.194 e. The van der Waals surface area contributed by atoms with E-state index in [1.54, 1.807) is 11.3 Å². The highest BCUT2D eigenvalue weighted by molar-refractivity contribution is 7.15. The molecule has 1 aromatic carbocycles. The van der Waals surface area contributed by atoms with Gasteiger partial charge in [-0.05, 0) is 37.6 Å². The molecule has 0 amide bonds. The highest BCUT2D eigenvalue weighted by Crippen LogP contribution is 2.19. The van der Waals surface area contributed by atoms with Gasteiger partial charge < -0.3 is 5.32 Å². The molecule has 5 heteroatoms. The van der Waals surface area contributed by atoms with Crippen molar-refractivity contribution in [2.45, 2.75) is 20.4 Å². The lowest BCUT2D eigenvalue weighted by Gasteiger charge is -2.08. The molecule has 0 bridgehead atoms. The van der Waals surface area contributed by atoms with Crippen molar-refractivity contribution in [3.8, 4) is 0 Å². The number of hydrogen-bond donors (Lipinski definition) is 1. The summed E-state index contributed by atoms with van der Waals surface area (Å²) in [4.78, 5) is 5.48. The molecule has 0 aliphatic rings. The minimum absolute atomic E-state index is 0.215. The number of benzene rings is 1. The molecule has 0 unspecified atom stereocenters. The van der Waals surface area contributed by atoms with Gasteiger partial charge in [-0.2, -0.15) is 0 Å². The van der Waals surface area contributed by atoms with E-state index in [1.165, 1.54) is 12.1 Å². The quantitative estimate of drug-likeness (QED) is 0.788. The van der Waals surface area contributed by atoms with Crippen molar-refractivity contribution < 1.29 is 4.39 Å². The Morgan fingerprint density at radius 1 is 1.32 bits per heavy atom. The van der Waals surface area contributed by atoms with Crippen molar-refractivity contribution >= 4 is 22.0 Å². The van der Waals surface area contributed by atoms with E-state index in [0.717, 1.165) is 27.6 Å². The van der Waals surface area contributed by atoms with Crippen LogP contribution in [0.1, 0.15) is 17.0 Å². The Morgan fingerprint density at radius 3 is 2.95 bits per heavy atom. The summed E-state index contributed by atoms with van der Waals surface area (Å²) in [5, 5.41) is 5.27. The number of nitrogens with zero attached hydrogens (tertiary/aromatic N) is 2. The molecule has 0 aliphatic carbocycles. The van der Waals surface area contributed by atoms with Crippen LogP contribution in [0.5, 0.6) is 0 Å². The fourth-order valence-electron chi connectivity index (χ4n) is 2.18. The van der Waals surface area contributed by atoms with E-state index in [2.05, 4.69) is 14.7 Å². The molecule has 3 aromatic rings. The van der Waals surface area contributed by atoms with Crippen LogP contribution in [0.25, 0.3) is 4.96 Å². The predicted octanol–water partition coefficient (Wildman–Crippen LogP) is 3.76. The monoisotopic (exact) mass is 275 g/mol. The second-order valence-electron chi connectivity index (χ2n) is 4.57. The number of aromatic nitrogens is 2. The largest absolute Gasteiger partial charge is 0.379 e. The van der Waals surface area contributed by atoms with Gasteiger partial charge in [0.1, 0.15) is 5.82 Å². The molecular formula is C14H14FN3S. The van der Waals surface area contributed by atoms with Crippen molar-refractivity contribution in [1.82, 2.24) is 9.38 Å². The number of nitrogens with one attached hydrogen (secondary N) is 1. The second kappa shape index (κ2) is 4.66. The predicted molar refractivity (Wildman–Crippen MR) is 76.3 cm³/mol. The van der Waals surface area contributed by atoms with Gasteiger partial charge in [-0.15, -0.1) is 11.3 Å². The zero-order valence-electron chi connectivity index (χ0n) is 10.8. The van der Waals surface area contributed by atoms with Crippen LogP contribution in [-0.2, 0) is 6.54 Å². The van der Waals surface area contributed by atoms with Crippen molar-refractivity contribution in [1.29, 1.82) is 0 Å². The average molecular weight is 275 g/mol. The Hall–Kier alpha value is -1.88. The van der Waals surface area contributed by atoms with Crippen molar-refractivity contribution in [3.05, 3.63) is 52.5 Å². The third kappa shape index (κ3) is 2.33. The fourth-order valence-corrected chi connectivity index (χ4v) is 2.96. The molecule has 98 valence electrons. The van der Waals surface area contributed by atoms with Crippen LogP contribution >= 0.6 is 11.3 Å². The lowest BCUT2D eigenvalue weighted by molar-refractivity contribution is 0.627. The van der Waals surface area contributed by atoms with Crippen LogP contribution in [0.4, 0.5) is 10.1 Å². The van der Waals surface area contributed by atoms with Crippen molar-refractivity contribution in [2.24, 2.45) is 0 Å². The molecule has 0 atom stereocenters. The SMILES string of the molecule is Cc1cc(F)cc(NCc2c(C)nc3sccn23)c1. The summed E-state index contributed by atoms with van der Waals surface area (Å²) in [7, 11) is 0. The van der Waals surface area contributed by atoms with Gasteiger partial charge >= 0.3 is 0 Å². The minimum Gasteiger partial charge on any atom is -0.379 e. The van der Waals surface area contributed by atoms with Crippen LogP contribution in [0.2, 0.25) is 0 Å². The van der Waals surface area contributed by atoms with E-state index < -0.39 is 0 Å². The highest BCUT2D eigenvalue weighted by atomic mass is 32.1. The Bertz CT molecular complexity index is 709. The highest BCUT2D eigenvalue weighted by Gasteiger charge is 2.09. The van der Waals surface area contributed by atoms with Crippen LogP contribution in [0, 0.1) is 19.7 Å². The lowest BCUT2D eigenvalue weighted by Crippen LogP contribution is -2.04. The fraction of sp³-hybridized carbons (Fsp3) is 0.214. The van der Waals surface area contributed by atoms with E-state index >= 15 is 0 Å². The van der Waals surface area contributed by atoms with Gasteiger partial charge in [0, 0.05) is 17.3 Å². The van der Waals surface area contributed by atoms with Gasteiger partial charge in [-0.25, -0.2) is 9.37 Å². The van der Waals surface area contributed by atoms with E-state index in [0.29, 0.717) is 6.54 Å². The summed E-state index contributed by atoms with van der Waals surface area (Å²) in [6.07, 6.45) is 2.01. The molecule has 1 N–H and O–H groups in total. The van der Waals surface area contributed by atoms with Crippen molar-refractivity contribution in [2.75, 3.05) is 5.32 Å². The second-order valence-corrected chi connectivity index (χ2v) is 5.44. The first-order chi connectivity index (χ1) is 9.13. The molecule has 0 aliphatic heterocycles. The van der Waals surface area contributed by atoms with Crippen LogP contribution in [0.3, 0.4) is 0 Å². The summed E-state index contributed by atoms with van der Waals surface area (Å²) in [5.74, 6) is -0.215. The van der Waals surface area contributed by atoms with Crippen LogP contribution in [-0.4, -0.2) is 9.38 Å². The number of thiazole rings is 1. The van der Waals surface area contributed by atoms with E-state index in [1.807, 2.05) is 31.5 Å². The molecule has 2 aromatic heterocycles. The summed E-state index contributed by atoms with van der Waals surface area (Å²) < 4.78 is 15.4. The number of fused-ring (bicyclic) bond motifs is 1. The average Bonchev–Trinajstić information content (AvgIpc) is 2.86. The van der Waals surface area contributed by atoms with Gasteiger partial charge in [0.2, 0.25) is 0 Å². The molecule has 0 saturated heterocycles. The lowest BCUT2D eigenvalue weighted by atomic mass is 10.2. The van der Waals surface area contributed by atoms with E-state index in [-0.39, 0.29) is 5.82 Å². The Balaban J connectivity index is 1.85. The molecular weight excluding hydrogens is 261 g/mol. The summed E-state index contributed by atoms with van der Waals surface area (Å²) >= 11 is 1.61. The number of halogens is 1. The molecule has 3 rings (SSSR count). The standard InChI is InChI=1S/C14H14FN3S/c1-9-5-11(15)7-12(6-9)16-8-13-10(2)17-14-18(13)3-4-19-14/h3-7,16H,8H2,1-2H3. The first-order valence-corrected chi connectivity index (χ1v) is 6.93.